The number of aromatic nitrogens is 2. The fourth-order valence-electron chi connectivity index (χ4n) is 4.39. The van der Waals surface area contributed by atoms with Crippen LogP contribution in [0.3, 0.4) is 0 Å². The van der Waals surface area contributed by atoms with Crippen LogP contribution < -0.4 is 5.32 Å². The van der Waals surface area contributed by atoms with Crippen LogP contribution in [-0.2, 0) is 15.1 Å². The smallest absolute Gasteiger partial charge is 0.246 e. The Morgan fingerprint density at radius 1 is 1.28 bits per heavy atom. The van der Waals surface area contributed by atoms with Gasteiger partial charge in [0, 0.05) is 45.7 Å². The first-order valence-electron chi connectivity index (χ1n) is 9.72. The molecule has 1 aliphatic carbocycles. The molecule has 2 aliphatic rings. The van der Waals surface area contributed by atoms with Crippen molar-refractivity contribution in [2.45, 2.75) is 50.5 Å². The number of hydrogen-bond donors (Lipinski definition) is 1. The molecule has 0 aromatic carbocycles. The SMILES string of the molecule is COCCNC(=O)C1(n2ccnc2)CCN(CC2CCCCC2)CC1. The molecule has 1 aromatic heterocycles. The van der Waals surface area contributed by atoms with Crippen LogP contribution in [0, 0.1) is 5.92 Å². The van der Waals surface area contributed by atoms with E-state index in [1.807, 2.05) is 10.8 Å². The summed E-state index contributed by atoms with van der Waals surface area (Å²) in [7, 11) is 1.65. The minimum Gasteiger partial charge on any atom is -0.383 e. The maximum Gasteiger partial charge on any atom is 0.246 e. The van der Waals surface area contributed by atoms with E-state index in [0.29, 0.717) is 13.2 Å². The van der Waals surface area contributed by atoms with E-state index in [1.54, 1.807) is 19.6 Å². The van der Waals surface area contributed by atoms with Gasteiger partial charge in [-0.25, -0.2) is 4.98 Å². The Morgan fingerprint density at radius 2 is 2.04 bits per heavy atom. The molecule has 25 heavy (non-hydrogen) atoms. The number of amides is 1. The van der Waals surface area contributed by atoms with E-state index in [-0.39, 0.29) is 5.91 Å². The average Bonchev–Trinajstić information content (AvgIpc) is 3.19. The molecule has 2 fully saturated rings. The molecular formula is C19H32N4O2. The molecule has 1 aliphatic heterocycles. The van der Waals surface area contributed by atoms with Gasteiger partial charge in [-0.15, -0.1) is 0 Å². The summed E-state index contributed by atoms with van der Waals surface area (Å²) in [6.45, 7) is 4.25. The number of carbonyl (C=O) groups excluding carboxylic acids is 1. The number of imidazole rings is 1. The van der Waals surface area contributed by atoms with Crippen LogP contribution in [0.5, 0.6) is 0 Å². The van der Waals surface area contributed by atoms with E-state index in [4.69, 9.17) is 4.74 Å². The molecule has 1 saturated carbocycles. The molecule has 0 unspecified atom stereocenters. The highest BCUT2D eigenvalue weighted by Crippen LogP contribution is 2.32. The average molecular weight is 348 g/mol. The van der Waals surface area contributed by atoms with Gasteiger partial charge >= 0.3 is 0 Å². The normalized spacial score (nSPS) is 22.0. The fraction of sp³-hybridized carbons (Fsp3) is 0.789. The lowest BCUT2D eigenvalue weighted by molar-refractivity contribution is -0.132. The molecule has 0 spiro atoms. The predicted molar refractivity (Wildman–Crippen MR) is 97.3 cm³/mol. The number of carbonyl (C=O) groups is 1. The third-order valence-corrected chi connectivity index (χ3v) is 5.94. The van der Waals surface area contributed by atoms with Crippen LogP contribution in [0.4, 0.5) is 0 Å². The maximum absolute atomic E-state index is 13.0. The molecule has 0 atom stereocenters. The number of hydrogen-bond acceptors (Lipinski definition) is 4. The van der Waals surface area contributed by atoms with Gasteiger partial charge in [-0.1, -0.05) is 19.3 Å². The van der Waals surface area contributed by atoms with Gasteiger partial charge in [-0.3, -0.25) is 4.79 Å². The monoisotopic (exact) mass is 348 g/mol. The summed E-state index contributed by atoms with van der Waals surface area (Å²) in [5.41, 5.74) is -0.507. The highest BCUT2D eigenvalue weighted by molar-refractivity contribution is 5.84. The Morgan fingerprint density at radius 3 is 2.68 bits per heavy atom. The summed E-state index contributed by atoms with van der Waals surface area (Å²) in [6.07, 6.45) is 14.1. The molecule has 1 amide bonds. The molecule has 6 heteroatoms. The molecule has 3 rings (SSSR count). The van der Waals surface area contributed by atoms with Crippen LogP contribution >= 0.6 is 0 Å². The van der Waals surface area contributed by atoms with Gasteiger partial charge in [0.1, 0.15) is 5.54 Å². The summed E-state index contributed by atoms with van der Waals surface area (Å²) in [5, 5.41) is 3.05. The molecule has 1 saturated heterocycles. The zero-order chi connectivity index (χ0) is 17.5. The second-order valence-electron chi connectivity index (χ2n) is 7.55. The zero-order valence-electron chi connectivity index (χ0n) is 15.5. The number of nitrogens with one attached hydrogen (secondary N) is 1. The van der Waals surface area contributed by atoms with Crippen LogP contribution in [-0.4, -0.2) is 60.3 Å². The number of nitrogens with zero attached hydrogens (tertiary/aromatic N) is 3. The van der Waals surface area contributed by atoms with Crippen LogP contribution in [0.2, 0.25) is 0 Å². The fourth-order valence-corrected chi connectivity index (χ4v) is 4.39. The van der Waals surface area contributed by atoms with Gasteiger partial charge in [-0.05, 0) is 31.6 Å². The van der Waals surface area contributed by atoms with Crippen molar-refractivity contribution in [3.8, 4) is 0 Å². The Hall–Kier alpha value is -1.40. The maximum atomic E-state index is 13.0. The number of piperidine rings is 1. The summed E-state index contributed by atoms with van der Waals surface area (Å²) >= 11 is 0. The van der Waals surface area contributed by atoms with Crippen LogP contribution in [0.15, 0.2) is 18.7 Å². The predicted octanol–water partition coefficient (Wildman–Crippen LogP) is 2.02. The molecule has 0 bridgehead atoms. The van der Waals surface area contributed by atoms with Crippen molar-refractivity contribution >= 4 is 5.91 Å². The van der Waals surface area contributed by atoms with Crippen LogP contribution in [0.1, 0.15) is 44.9 Å². The van der Waals surface area contributed by atoms with E-state index in [2.05, 4.69) is 15.2 Å². The van der Waals surface area contributed by atoms with E-state index in [9.17, 15) is 4.79 Å². The number of ether oxygens (including phenoxy) is 1. The molecule has 6 nitrogen and oxygen atoms in total. The van der Waals surface area contributed by atoms with E-state index < -0.39 is 5.54 Å². The Bertz CT molecular complexity index is 518. The van der Waals surface area contributed by atoms with E-state index in [0.717, 1.165) is 31.8 Å². The second kappa shape index (κ2) is 8.81. The Kier molecular flexibility index (Phi) is 6.48. The first kappa shape index (κ1) is 18.4. The first-order chi connectivity index (χ1) is 12.2. The lowest BCUT2D eigenvalue weighted by Gasteiger charge is -2.42. The quantitative estimate of drug-likeness (QED) is 0.766. The summed E-state index contributed by atoms with van der Waals surface area (Å²) in [6, 6.07) is 0. The largest absolute Gasteiger partial charge is 0.383 e. The van der Waals surface area contributed by atoms with Crippen molar-refractivity contribution in [1.82, 2.24) is 19.8 Å². The van der Waals surface area contributed by atoms with E-state index >= 15 is 0 Å². The van der Waals surface area contributed by atoms with Gasteiger partial charge in [0.05, 0.1) is 12.9 Å². The van der Waals surface area contributed by atoms with Crippen molar-refractivity contribution < 1.29 is 9.53 Å². The molecule has 1 N–H and O–H groups in total. The highest BCUT2D eigenvalue weighted by Gasteiger charge is 2.42. The molecular weight excluding hydrogens is 316 g/mol. The molecule has 0 radical (unpaired) electrons. The number of methoxy groups -OCH3 is 1. The minimum atomic E-state index is -0.507. The van der Waals surface area contributed by atoms with Crippen molar-refractivity contribution in [3.05, 3.63) is 18.7 Å². The third kappa shape index (κ3) is 4.42. The second-order valence-corrected chi connectivity index (χ2v) is 7.55. The number of rotatable bonds is 7. The van der Waals surface area contributed by atoms with Crippen molar-refractivity contribution in [3.63, 3.8) is 0 Å². The van der Waals surface area contributed by atoms with Gasteiger partial charge < -0.3 is 19.5 Å². The lowest BCUT2D eigenvalue weighted by Crippen LogP contribution is -2.55. The van der Waals surface area contributed by atoms with Gasteiger partial charge in [0.15, 0.2) is 0 Å². The summed E-state index contributed by atoms with van der Waals surface area (Å²) < 4.78 is 7.07. The van der Waals surface area contributed by atoms with Gasteiger partial charge in [-0.2, -0.15) is 0 Å². The van der Waals surface area contributed by atoms with Gasteiger partial charge in [0.2, 0.25) is 5.91 Å². The van der Waals surface area contributed by atoms with Crippen LogP contribution in [0.25, 0.3) is 0 Å². The van der Waals surface area contributed by atoms with Crippen molar-refractivity contribution in [2.24, 2.45) is 5.92 Å². The highest BCUT2D eigenvalue weighted by atomic mass is 16.5. The summed E-state index contributed by atoms with van der Waals surface area (Å²) in [5.74, 6) is 0.949. The minimum absolute atomic E-state index is 0.0971. The summed E-state index contributed by atoms with van der Waals surface area (Å²) in [4.78, 5) is 19.7. The van der Waals surface area contributed by atoms with Crippen molar-refractivity contribution in [2.75, 3.05) is 39.9 Å². The molecule has 2 heterocycles. The zero-order valence-corrected chi connectivity index (χ0v) is 15.5. The van der Waals surface area contributed by atoms with Gasteiger partial charge in [0.25, 0.3) is 0 Å². The number of likely N-dealkylation sites (tertiary alicyclic amines) is 1. The Balaban J connectivity index is 1.61. The lowest BCUT2D eigenvalue weighted by atomic mass is 9.84. The molecule has 1 aromatic rings. The topological polar surface area (TPSA) is 59.4 Å². The molecule has 140 valence electrons. The Labute approximate surface area is 150 Å². The first-order valence-corrected chi connectivity index (χ1v) is 9.72. The van der Waals surface area contributed by atoms with Crippen molar-refractivity contribution in [1.29, 1.82) is 0 Å². The standard InChI is InChI=1S/C19H32N4O2/c1-25-14-10-21-18(24)19(23-13-9-20-16-23)7-11-22(12-8-19)15-17-5-3-2-4-6-17/h9,13,16-17H,2-8,10-12,14-15H2,1H3,(H,21,24). The van der Waals surface area contributed by atoms with E-state index in [1.165, 1.54) is 38.6 Å². The third-order valence-electron chi connectivity index (χ3n) is 5.94.